The Bertz CT molecular complexity index is 1270. The third-order valence-corrected chi connectivity index (χ3v) is 8.05. The first-order valence-corrected chi connectivity index (χ1v) is 14.5. The van der Waals surface area contributed by atoms with E-state index >= 15 is 0 Å². The van der Waals surface area contributed by atoms with Crippen molar-refractivity contribution in [1.29, 1.82) is 0 Å². The minimum atomic E-state index is -4.36. The van der Waals surface area contributed by atoms with Gasteiger partial charge in [0.15, 0.2) is 0 Å². The van der Waals surface area contributed by atoms with E-state index < -0.39 is 56.5 Å². The number of amides is 2. The van der Waals surface area contributed by atoms with Crippen LogP contribution in [0.25, 0.3) is 0 Å². The Hall–Kier alpha value is -2.78. The quantitative estimate of drug-likeness (QED) is 0.476. The van der Waals surface area contributed by atoms with Gasteiger partial charge in [-0.05, 0) is 86.3 Å². The highest BCUT2D eigenvalue weighted by atomic mass is 32.2. The van der Waals surface area contributed by atoms with E-state index in [1.165, 1.54) is 37.8 Å². The van der Waals surface area contributed by atoms with Crippen LogP contribution in [0.5, 0.6) is 0 Å². The maximum Gasteiger partial charge on any atom is 0.425 e. The van der Waals surface area contributed by atoms with E-state index in [9.17, 15) is 26.4 Å². The lowest BCUT2D eigenvalue weighted by Crippen LogP contribution is -2.43. The molecule has 0 heterocycles. The number of hydrogen-bond donors (Lipinski definition) is 0. The summed E-state index contributed by atoms with van der Waals surface area (Å²) in [5, 5.41) is -0.137. The fraction of sp³-hybridized carbons (Fsp3) is 0.423. The first-order valence-electron chi connectivity index (χ1n) is 11.6. The Kier molecular flexibility index (Phi) is 9.88. The number of aryl methyl sites for hydroxylation is 1. The molecule has 0 spiro atoms. The zero-order chi connectivity index (χ0) is 28.9. The minimum absolute atomic E-state index is 0.137. The molecule has 10 nitrogen and oxygen atoms in total. The number of hydrogen-bond acceptors (Lipinski definition) is 8. The van der Waals surface area contributed by atoms with Gasteiger partial charge >= 0.3 is 12.2 Å². The van der Waals surface area contributed by atoms with E-state index in [-0.39, 0.29) is 10.1 Å². The van der Waals surface area contributed by atoms with Crippen LogP contribution in [0, 0.1) is 49.7 Å². The second-order valence-corrected chi connectivity index (χ2v) is 14.0. The Morgan fingerprint density at radius 2 is 1.13 bits per heavy atom. The van der Waals surface area contributed by atoms with Gasteiger partial charge in [-0.1, -0.05) is 29.5 Å². The molecule has 38 heavy (non-hydrogen) atoms. The monoisotopic (exact) mass is 565 g/mol. The third-order valence-electron chi connectivity index (χ3n) is 4.59. The standard InChI is InChI=1S/C26H33N2O8S2/c1-20-14-16-22(17-15-20)38(33,34)28(24(30)36-26(5,6)7)19-11-10-18-27(23(29)35-25(2,3)4)37(31,32)21-12-8-9-13-21/h8-9,12-17H,18-19H2,1-7H3. The molecule has 1 aliphatic rings. The maximum atomic E-state index is 13.3. The lowest BCUT2D eigenvalue weighted by Gasteiger charge is -2.27. The van der Waals surface area contributed by atoms with Crippen LogP contribution in [0.2, 0.25) is 0 Å². The van der Waals surface area contributed by atoms with Crippen molar-refractivity contribution >= 4 is 32.2 Å². The van der Waals surface area contributed by atoms with Crippen molar-refractivity contribution < 1.29 is 35.9 Å². The zero-order valence-electron chi connectivity index (χ0n) is 22.5. The van der Waals surface area contributed by atoms with Gasteiger partial charge in [-0.3, -0.25) is 0 Å². The van der Waals surface area contributed by atoms with Gasteiger partial charge in [0.2, 0.25) is 10.0 Å². The molecule has 0 atom stereocenters. The molecular weight excluding hydrogens is 532 g/mol. The number of sulfonamides is 2. The van der Waals surface area contributed by atoms with Crippen molar-refractivity contribution in [2.24, 2.45) is 0 Å². The van der Waals surface area contributed by atoms with Crippen LogP contribution in [-0.4, -0.2) is 61.9 Å². The van der Waals surface area contributed by atoms with E-state index in [0.29, 0.717) is 8.61 Å². The van der Waals surface area contributed by atoms with E-state index in [4.69, 9.17) is 9.47 Å². The van der Waals surface area contributed by atoms with Crippen molar-refractivity contribution in [2.75, 3.05) is 13.1 Å². The van der Waals surface area contributed by atoms with Gasteiger partial charge in [0, 0.05) is 0 Å². The first-order chi connectivity index (χ1) is 17.3. The second-order valence-electron chi connectivity index (χ2n) is 10.3. The number of rotatable bonds is 6. The zero-order valence-corrected chi connectivity index (χ0v) is 24.1. The third kappa shape index (κ3) is 8.63. The summed E-state index contributed by atoms with van der Waals surface area (Å²) in [5.74, 6) is 4.97. The van der Waals surface area contributed by atoms with Gasteiger partial charge in [0.1, 0.15) is 29.5 Å². The van der Waals surface area contributed by atoms with Gasteiger partial charge in [0.25, 0.3) is 10.0 Å². The molecule has 0 N–H and O–H groups in total. The molecule has 2 rings (SSSR count). The maximum absolute atomic E-state index is 13.3. The number of ether oxygens (including phenoxy) is 2. The van der Waals surface area contributed by atoms with Crippen molar-refractivity contribution in [1.82, 2.24) is 8.61 Å². The molecule has 2 amide bonds. The first kappa shape index (κ1) is 31.4. The smallest absolute Gasteiger partial charge is 0.425 e. The normalized spacial score (nSPS) is 14.8. The van der Waals surface area contributed by atoms with Gasteiger partial charge in [0.05, 0.1) is 4.90 Å². The summed E-state index contributed by atoms with van der Waals surface area (Å²) < 4.78 is 64.0. The molecule has 207 valence electrons. The molecule has 1 saturated carbocycles. The summed E-state index contributed by atoms with van der Waals surface area (Å²) in [4.78, 5) is 25.4. The number of carbonyl (C=O) groups excluding carboxylic acids is 2. The van der Waals surface area contributed by atoms with Gasteiger partial charge < -0.3 is 9.47 Å². The Labute approximate surface area is 226 Å². The highest BCUT2D eigenvalue weighted by Gasteiger charge is 2.40. The summed E-state index contributed by atoms with van der Waals surface area (Å²) in [6.07, 6.45) is 3.34. The Morgan fingerprint density at radius 3 is 1.53 bits per heavy atom. The second kappa shape index (κ2) is 11.9. The molecule has 0 unspecified atom stereocenters. The summed E-state index contributed by atoms with van der Waals surface area (Å²) in [6.45, 7) is 9.99. The van der Waals surface area contributed by atoms with Crippen molar-refractivity contribution in [2.45, 2.75) is 64.6 Å². The number of nitrogens with zero attached hydrogens (tertiary/aromatic N) is 2. The van der Waals surface area contributed by atoms with Crippen LogP contribution in [0.4, 0.5) is 9.59 Å². The highest BCUT2D eigenvalue weighted by molar-refractivity contribution is 7.92. The molecule has 0 saturated heterocycles. The lowest BCUT2D eigenvalue weighted by atomic mass is 10.2. The molecule has 1 fully saturated rings. The molecular formula is C26H33N2O8S2. The average molecular weight is 566 g/mol. The van der Waals surface area contributed by atoms with Gasteiger partial charge in [-0.25, -0.2) is 26.4 Å². The fourth-order valence-corrected chi connectivity index (χ4v) is 5.30. The van der Waals surface area contributed by atoms with Crippen molar-refractivity contribution in [3.63, 3.8) is 0 Å². The topological polar surface area (TPSA) is 127 Å². The molecule has 5 radical (unpaired) electrons. The molecule has 1 aliphatic carbocycles. The van der Waals surface area contributed by atoms with E-state index in [0.717, 1.165) is 5.56 Å². The van der Waals surface area contributed by atoms with Crippen LogP contribution in [0.3, 0.4) is 0 Å². The highest BCUT2D eigenvalue weighted by Crippen LogP contribution is 2.31. The van der Waals surface area contributed by atoms with Crippen LogP contribution in [-0.2, 0) is 29.5 Å². The molecule has 0 aliphatic heterocycles. The minimum Gasteiger partial charge on any atom is -0.443 e. The van der Waals surface area contributed by atoms with E-state index in [1.807, 2.05) is 0 Å². The van der Waals surface area contributed by atoms with Crippen LogP contribution >= 0.6 is 0 Å². The Morgan fingerprint density at radius 1 is 0.737 bits per heavy atom. The summed E-state index contributed by atoms with van der Waals surface area (Å²) in [7, 11) is -8.67. The van der Waals surface area contributed by atoms with Crippen molar-refractivity contribution in [3.8, 4) is 11.8 Å². The van der Waals surface area contributed by atoms with Crippen molar-refractivity contribution in [3.05, 3.63) is 60.8 Å². The van der Waals surface area contributed by atoms with Crippen LogP contribution in [0.15, 0.2) is 29.2 Å². The molecule has 0 aromatic heterocycles. The predicted octanol–water partition coefficient (Wildman–Crippen LogP) is 3.85. The lowest BCUT2D eigenvalue weighted by molar-refractivity contribution is 0.0391. The van der Waals surface area contributed by atoms with Gasteiger partial charge in [-0.2, -0.15) is 8.61 Å². The molecule has 1 aromatic rings. The molecule has 0 bridgehead atoms. The Balaban J connectivity index is 2.37. The fourth-order valence-electron chi connectivity index (χ4n) is 2.87. The van der Waals surface area contributed by atoms with Crippen LogP contribution in [0.1, 0.15) is 47.1 Å². The summed E-state index contributed by atoms with van der Waals surface area (Å²) in [5.41, 5.74) is -1.16. The summed E-state index contributed by atoms with van der Waals surface area (Å²) >= 11 is 0. The number of carbonyl (C=O) groups is 2. The van der Waals surface area contributed by atoms with Gasteiger partial charge in [-0.15, -0.1) is 0 Å². The number of benzene rings is 1. The molecule has 1 aromatic carbocycles. The largest absolute Gasteiger partial charge is 0.443 e. The van der Waals surface area contributed by atoms with E-state index in [2.05, 4.69) is 11.8 Å². The van der Waals surface area contributed by atoms with Crippen LogP contribution < -0.4 is 0 Å². The predicted molar refractivity (Wildman–Crippen MR) is 141 cm³/mol. The average Bonchev–Trinajstić information content (AvgIpc) is 3.29. The summed E-state index contributed by atoms with van der Waals surface area (Å²) in [6, 6.07) is 5.87. The molecule has 12 heteroatoms. The SMILES string of the molecule is Cc1ccc(S(=O)(=O)N(CC#CCN(C(=O)OC(C)(C)C)S(=O)(=O)[C]2[CH][CH][CH][CH]2)C(=O)OC(C)(C)C)cc1. The van der Waals surface area contributed by atoms with E-state index in [1.54, 1.807) is 60.6 Å².